The molecular formula is C28H37N5O3. The van der Waals surface area contributed by atoms with Crippen molar-refractivity contribution in [2.24, 2.45) is 5.92 Å². The van der Waals surface area contributed by atoms with Crippen molar-refractivity contribution in [1.29, 1.82) is 0 Å². The van der Waals surface area contributed by atoms with E-state index in [-0.39, 0.29) is 18.0 Å². The Hall–Kier alpha value is -3.16. The smallest absolute Gasteiger partial charge is 0.435 e. The van der Waals surface area contributed by atoms with Crippen molar-refractivity contribution in [3.8, 4) is 0 Å². The molecule has 0 radical (unpaired) electrons. The number of aryl methyl sites for hydroxylation is 2. The molecule has 1 fully saturated rings. The number of benzene rings is 1. The second kappa shape index (κ2) is 9.37. The highest BCUT2D eigenvalue weighted by atomic mass is 16.6. The predicted molar refractivity (Wildman–Crippen MR) is 138 cm³/mol. The first kappa shape index (κ1) is 24.5. The largest absolute Gasteiger partial charge is 0.442 e. The summed E-state index contributed by atoms with van der Waals surface area (Å²) in [6.45, 7) is 10.8. The summed E-state index contributed by atoms with van der Waals surface area (Å²) < 4.78 is 8.82. The number of ether oxygens (including phenoxy) is 1. The van der Waals surface area contributed by atoms with Crippen LogP contribution in [0, 0.1) is 5.92 Å². The van der Waals surface area contributed by atoms with Gasteiger partial charge in [0.1, 0.15) is 5.60 Å². The number of carbonyl (C=O) groups excluding carboxylic acids is 2. The number of aromatic nitrogens is 4. The van der Waals surface area contributed by atoms with Crippen LogP contribution in [0.4, 0.5) is 4.79 Å². The van der Waals surface area contributed by atoms with Crippen LogP contribution in [-0.2, 0) is 24.1 Å². The number of amides is 1. The van der Waals surface area contributed by atoms with E-state index < -0.39 is 11.7 Å². The van der Waals surface area contributed by atoms with Crippen molar-refractivity contribution in [1.82, 2.24) is 24.5 Å². The zero-order chi connectivity index (χ0) is 25.6. The molecule has 2 aliphatic carbocycles. The van der Waals surface area contributed by atoms with Crippen molar-refractivity contribution in [2.45, 2.75) is 97.4 Å². The predicted octanol–water partition coefficient (Wildman–Crippen LogP) is 5.22. The second-order valence-electron chi connectivity index (χ2n) is 11.7. The normalized spacial score (nSPS) is 17.9. The van der Waals surface area contributed by atoms with Gasteiger partial charge in [0.25, 0.3) is 5.91 Å². The van der Waals surface area contributed by atoms with Gasteiger partial charge in [-0.1, -0.05) is 19.9 Å². The fourth-order valence-electron chi connectivity index (χ4n) is 5.10. The van der Waals surface area contributed by atoms with Crippen LogP contribution in [-0.4, -0.2) is 54.1 Å². The monoisotopic (exact) mass is 491 g/mol. The highest BCUT2D eigenvalue weighted by molar-refractivity contribution is 6.06. The van der Waals surface area contributed by atoms with Crippen molar-refractivity contribution in [3.63, 3.8) is 0 Å². The summed E-state index contributed by atoms with van der Waals surface area (Å²) in [6, 6.07) is 6.32. The lowest BCUT2D eigenvalue weighted by atomic mass is 9.91. The van der Waals surface area contributed by atoms with E-state index in [0.717, 1.165) is 66.4 Å². The first-order valence-electron chi connectivity index (χ1n) is 13.2. The van der Waals surface area contributed by atoms with Gasteiger partial charge in [-0.15, -0.1) is 0 Å². The van der Waals surface area contributed by atoms with Crippen LogP contribution in [0.2, 0.25) is 0 Å². The molecule has 3 aromatic rings. The van der Waals surface area contributed by atoms with Crippen LogP contribution >= 0.6 is 0 Å². The van der Waals surface area contributed by atoms with Gasteiger partial charge >= 0.3 is 6.09 Å². The fraction of sp³-hybridized carbons (Fsp3) is 0.571. The number of rotatable bonds is 6. The van der Waals surface area contributed by atoms with Gasteiger partial charge in [-0.3, -0.25) is 9.48 Å². The maximum absolute atomic E-state index is 14.0. The second-order valence-corrected chi connectivity index (χ2v) is 11.7. The standard InChI is InChI=1S/C28H37N5O3/c1-18(2)13-14-31-25-8-6-7-22(23(25)16-29-31)26(34)33(20-9-10-20)21-11-12-24-19(15-21)17-32(30-24)27(35)36-28(3,4)5/h6-8,16-18,20-21H,9-15H2,1-5H3. The average molecular weight is 492 g/mol. The summed E-state index contributed by atoms with van der Waals surface area (Å²) in [7, 11) is 0. The van der Waals surface area contributed by atoms with E-state index >= 15 is 0 Å². The summed E-state index contributed by atoms with van der Waals surface area (Å²) in [4.78, 5) is 28.6. The quantitative estimate of drug-likeness (QED) is 0.472. The number of carbonyl (C=O) groups is 2. The molecule has 1 unspecified atom stereocenters. The van der Waals surface area contributed by atoms with E-state index in [0.29, 0.717) is 12.3 Å². The van der Waals surface area contributed by atoms with E-state index in [1.807, 2.05) is 43.8 Å². The van der Waals surface area contributed by atoms with Gasteiger partial charge < -0.3 is 9.64 Å². The molecule has 36 heavy (non-hydrogen) atoms. The van der Waals surface area contributed by atoms with Gasteiger partial charge in [-0.25, -0.2) is 4.79 Å². The molecule has 0 saturated heterocycles. The van der Waals surface area contributed by atoms with Gasteiger partial charge in [0.2, 0.25) is 0 Å². The van der Waals surface area contributed by atoms with Crippen LogP contribution in [0.1, 0.15) is 81.9 Å². The van der Waals surface area contributed by atoms with Gasteiger partial charge in [-0.2, -0.15) is 14.9 Å². The minimum absolute atomic E-state index is 0.0829. The zero-order valence-corrected chi connectivity index (χ0v) is 22.0. The molecule has 1 atom stereocenters. The molecule has 1 saturated carbocycles. The molecule has 1 aromatic carbocycles. The average Bonchev–Trinajstić information content (AvgIpc) is 3.39. The summed E-state index contributed by atoms with van der Waals surface area (Å²) in [5, 5.41) is 10.0. The molecule has 8 nitrogen and oxygen atoms in total. The Kier molecular flexibility index (Phi) is 6.39. The molecule has 5 rings (SSSR count). The lowest BCUT2D eigenvalue weighted by Crippen LogP contribution is -2.44. The van der Waals surface area contributed by atoms with E-state index in [1.54, 1.807) is 6.20 Å². The minimum atomic E-state index is -0.578. The third-order valence-electron chi connectivity index (χ3n) is 7.03. The zero-order valence-electron chi connectivity index (χ0n) is 22.0. The Morgan fingerprint density at radius 2 is 1.94 bits per heavy atom. The Balaban J connectivity index is 1.38. The van der Waals surface area contributed by atoms with E-state index in [9.17, 15) is 9.59 Å². The molecule has 2 aliphatic rings. The van der Waals surface area contributed by atoms with Gasteiger partial charge in [-0.05, 0) is 82.9 Å². The highest BCUT2D eigenvalue weighted by Gasteiger charge is 2.40. The first-order valence-corrected chi connectivity index (χ1v) is 13.2. The minimum Gasteiger partial charge on any atom is -0.442 e. The maximum atomic E-state index is 14.0. The first-order chi connectivity index (χ1) is 17.1. The van der Waals surface area contributed by atoms with Gasteiger partial charge in [0, 0.05) is 30.2 Å². The third kappa shape index (κ3) is 5.04. The number of fused-ring (bicyclic) bond motifs is 2. The molecule has 0 spiro atoms. The van der Waals surface area contributed by atoms with Crippen molar-refractivity contribution >= 4 is 22.9 Å². The number of hydrogen-bond donors (Lipinski definition) is 0. The lowest BCUT2D eigenvalue weighted by molar-refractivity contribution is 0.0513. The van der Waals surface area contributed by atoms with Crippen LogP contribution in [0.5, 0.6) is 0 Å². The van der Waals surface area contributed by atoms with Gasteiger partial charge in [0.05, 0.1) is 23.0 Å². The summed E-state index contributed by atoms with van der Waals surface area (Å²) in [5.41, 5.74) is 3.11. The van der Waals surface area contributed by atoms with E-state index in [4.69, 9.17) is 4.74 Å². The van der Waals surface area contributed by atoms with Crippen LogP contribution < -0.4 is 0 Å². The lowest BCUT2D eigenvalue weighted by Gasteiger charge is -2.34. The Bertz CT molecular complexity index is 1280. The molecule has 2 aromatic heterocycles. The molecule has 0 N–H and O–H groups in total. The number of nitrogens with zero attached hydrogens (tertiary/aromatic N) is 5. The highest BCUT2D eigenvalue weighted by Crippen LogP contribution is 2.36. The Morgan fingerprint density at radius 3 is 2.64 bits per heavy atom. The molecule has 2 heterocycles. The van der Waals surface area contributed by atoms with E-state index in [2.05, 4.69) is 35.0 Å². The van der Waals surface area contributed by atoms with Crippen LogP contribution in [0.25, 0.3) is 10.9 Å². The molecule has 8 heteroatoms. The topological polar surface area (TPSA) is 82.3 Å². The molecule has 1 amide bonds. The summed E-state index contributed by atoms with van der Waals surface area (Å²) in [5.74, 6) is 0.676. The SMILES string of the molecule is CC(C)CCn1ncc2c(C(=O)N(C3CC3)C3CCc4nn(C(=O)OC(C)(C)C)cc4C3)cccc21. The molecule has 0 aliphatic heterocycles. The van der Waals surface area contributed by atoms with Crippen molar-refractivity contribution in [3.05, 3.63) is 47.4 Å². The number of hydrogen-bond acceptors (Lipinski definition) is 5. The van der Waals surface area contributed by atoms with Crippen LogP contribution in [0.3, 0.4) is 0 Å². The molecule has 192 valence electrons. The van der Waals surface area contributed by atoms with Crippen molar-refractivity contribution in [2.75, 3.05) is 0 Å². The Morgan fingerprint density at radius 1 is 1.17 bits per heavy atom. The maximum Gasteiger partial charge on any atom is 0.435 e. The Labute approximate surface area is 212 Å². The molecule has 0 bridgehead atoms. The molecular weight excluding hydrogens is 454 g/mol. The summed E-state index contributed by atoms with van der Waals surface area (Å²) >= 11 is 0. The van der Waals surface area contributed by atoms with Crippen LogP contribution in [0.15, 0.2) is 30.6 Å². The van der Waals surface area contributed by atoms with Gasteiger partial charge in [0.15, 0.2) is 0 Å². The fourth-order valence-corrected chi connectivity index (χ4v) is 5.10. The third-order valence-corrected chi connectivity index (χ3v) is 7.03. The van der Waals surface area contributed by atoms with Crippen molar-refractivity contribution < 1.29 is 14.3 Å². The van der Waals surface area contributed by atoms with E-state index in [1.165, 1.54) is 4.68 Å². The summed E-state index contributed by atoms with van der Waals surface area (Å²) in [6.07, 6.45) is 8.56.